The van der Waals surface area contributed by atoms with Crippen LogP contribution >= 0.6 is 0 Å². The van der Waals surface area contributed by atoms with Gasteiger partial charge in [0.2, 0.25) is 0 Å². The predicted octanol–water partition coefficient (Wildman–Crippen LogP) is 0.706. The summed E-state index contributed by atoms with van der Waals surface area (Å²) in [5, 5.41) is 0. The average Bonchev–Trinajstić information content (AvgIpc) is 3.37. The van der Waals surface area contributed by atoms with Gasteiger partial charge in [-0.15, -0.1) is 0 Å². The van der Waals surface area contributed by atoms with E-state index in [0.717, 1.165) is 6.42 Å². The molecule has 0 saturated heterocycles. The van der Waals surface area contributed by atoms with Crippen molar-refractivity contribution in [2.24, 2.45) is 17.8 Å². The first kappa shape index (κ1) is 24.1. The van der Waals surface area contributed by atoms with Crippen LogP contribution in [-0.4, -0.2) is 0 Å². The van der Waals surface area contributed by atoms with Crippen molar-refractivity contribution in [3.8, 4) is 0 Å². The molecule has 0 bridgehead atoms. The van der Waals surface area contributed by atoms with Crippen LogP contribution in [0.1, 0.15) is 17.5 Å². The van der Waals surface area contributed by atoms with Gasteiger partial charge in [0.05, 0.1) is 0 Å². The summed E-state index contributed by atoms with van der Waals surface area (Å²) in [4.78, 5) is 0. The zero-order valence-corrected chi connectivity index (χ0v) is 23.4. The molecular weight excluding hydrogens is 669 g/mol. The first-order chi connectivity index (χ1) is 13.8. The van der Waals surface area contributed by atoms with E-state index < -0.39 is 0 Å². The number of hydrogen-bond donors (Lipinski definition) is 0. The third-order valence-corrected chi connectivity index (χ3v) is 8.02. The minimum atomic E-state index is 0. The van der Waals surface area contributed by atoms with Crippen molar-refractivity contribution < 1.29 is 72.7 Å². The van der Waals surface area contributed by atoms with E-state index in [0.29, 0.717) is 21.4 Å². The molecule has 30 heavy (non-hydrogen) atoms. The number of hydrogen-bond acceptors (Lipinski definition) is 0. The Balaban J connectivity index is 0.00000128. The summed E-state index contributed by atoms with van der Waals surface area (Å²) in [7, 11) is 0. The molecule has 0 spiro atoms. The molecule has 0 nitrogen and oxygen atoms in total. The van der Waals surface area contributed by atoms with E-state index in [-0.39, 0.29) is 48.0 Å². The molecule has 0 aromatic heterocycles. The molecule has 2 aromatic rings. The van der Waals surface area contributed by atoms with Crippen molar-refractivity contribution >= 4 is 5.57 Å². The van der Waals surface area contributed by atoms with Crippen LogP contribution in [0.25, 0.3) is 5.57 Å². The first-order valence-corrected chi connectivity index (χ1v) is 11.5. The monoisotopic (exact) mass is 691 g/mol. The van der Waals surface area contributed by atoms with Gasteiger partial charge in [0.25, 0.3) is 0 Å². The molecule has 0 radical (unpaired) electrons. The van der Waals surface area contributed by atoms with Crippen LogP contribution in [0.4, 0.5) is 0 Å². The Kier molecular flexibility index (Phi) is 8.75. The summed E-state index contributed by atoms with van der Waals surface area (Å²) in [6, 6.07) is 22.0. The zero-order chi connectivity index (χ0) is 18.9. The van der Waals surface area contributed by atoms with Crippen molar-refractivity contribution in [2.45, 2.75) is 10.0 Å². The van der Waals surface area contributed by atoms with Gasteiger partial charge in [-0.2, -0.15) is 0 Å². The number of rotatable bonds is 3. The molecule has 4 atom stereocenters. The Labute approximate surface area is 229 Å². The van der Waals surface area contributed by atoms with Gasteiger partial charge in [-0.05, 0) is 0 Å². The van der Waals surface area contributed by atoms with Crippen LogP contribution in [0.2, 0.25) is 3.63 Å². The van der Waals surface area contributed by atoms with Gasteiger partial charge < -0.3 is 48.0 Å². The molecule has 0 aliphatic heterocycles. The van der Waals surface area contributed by atoms with Gasteiger partial charge in [-0.1, -0.05) is 0 Å². The topological polar surface area (TPSA) is 0 Å². The molecule has 4 unspecified atom stereocenters. The first-order valence-electron chi connectivity index (χ1n) is 10.1. The summed E-state index contributed by atoms with van der Waals surface area (Å²) in [5.74, 6) is 1.65. The third-order valence-electron chi connectivity index (χ3n) is 6.26. The van der Waals surface area contributed by atoms with E-state index in [9.17, 15) is 0 Å². The van der Waals surface area contributed by atoms with Crippen molar-refractivity contribution in [2.75, 3.05) is 0 Å². The molecule has 3 aliphatic carbocycles. The molecule has 0 amide bonds. The number of halogens is 2. The Morgan fingerprint density at radius 3 is 1.93 bits per heavy atom. The maximum atomic E-state index is 2.46. The van der Waals surface area contributed by atoms with E-state index in [2.05, 4.69) is 103 Å². The van der Waals surface area contributed by atoms with Crippen LogP contribution in [0.5, 0.6) is 0 Å². The van der Waals surface area contributed by atoms with Gasteiger partial charge in [-0.25, -0.2) is 0 Å². The van der Waals surface area contributed by atoms with Crippen molar-refractivity contribution in [1.82, 2.24) is 0 Å². The molecule has 2 aromatic carbocycles. The summed E-state index contributed by atoms with van der Waals surface area (Å²) in [5.41, 5.74) is 7.34. The molecule has 3 aliphatic rings. The average molecular weight is 693 g/mol. The second-order valence-electron chi connectivity index (χ2n) is 7.81. The fraction of sp³-hybridized carbons (Fsp3) is 0.185. The van der Waals surface area contributed by atoms with Crippen molar-refractivity contribution in [3.05, 3.63) is 125 Å². The molecule has 149 valence electrons. The molecule has 5 rings (SSSR count). The van der Waals surface area contributed by atoms with Gasteiger partial charge >= 0.3 is 184 Å². The van der Waals surface area contributed by atoms with E-state index in [4.69, 9.17) is 0 Å². The van der Waals surface area contributed by atoms with Gasteiger partial charge in [0.15, 0.2) is 0 Å². The van der Waals surface area contributed by atoms with Crippen molar-refractivity contribution in [1.29, 1.82) is 0 Å². The Bertz CT molecular complexity index is 974. The molecule has 0 N–H and O–H groups in total. The van der Waals surface area contributed by atoms with Crippen LogP contribution in [-0.2, 0) is 24.7 Å². The zero-order valence-electron chi connectivity index (χ0n) is 16.6. The van der Waals surface area contributed by atoms with E-state index in [1.165, 1.54) is 16.7 Å². The van der Waals surface area contributed by atoms with Crippen LogP contribution in [0.15, 0.2) is 114 Å². The SMILES string of the molecule is [I-].[I-].[Zr+2][CH]1C(C2=CC=CC2)C(=C(c2ccccc2)c2ccccc2)C2C=CC=CC21. The summed E-state index contributed by atoms with van der Waals surface area (Å²) in [6.07, 6.45) is 17.4. The van der Waals surface area contributed by atoms with Crippen LogP contribution in [0.3, 0.4) is 0 Å². The fourth-order valence-corrected chi connectivity index (χ4v) is 6.81. The molecule has 1 saturated carbocycles. The van der Waals surface area contributed by atoms with Crippen molar-refractivity contribution in [3.63, 3.8) is 0 Å². The van der Waals surface area contributed by atoms with E-state index in [1.807, 2.05) is 0 Å². The molecule has 0 heterocycles. The van der Waals surface area contributed by atoms with Gasteiger partial charge in [-0.3, -0.25) is 0 Å². The normalized spacial score (nSPS) is 25.9. The molecular formula is C27H23I2Zr. The Morgan fingerprint density at radius 1 is 0.767 bits per heavy atom. The molecule has 3 heteroatoms. The van der Waals surface area contributed by atoms with Crippen LogP contribution < -0.4 is 48.0 Å². The quantitative estimate of drug-likeness (QED) is 0.417. The maximum absolute atomic E-state index is 2.46. The number of benzene rings is 2. The fourth-order valence-electron chi connectivity index (χ4n) is 5.06. The standard InChI is InChI=1S/C27H23.2HI.Zr/c1-3-13-21(14-4-1)26(22-15-5-2-6-16-22)27-24-18-10-9-17-23(24)19-25(27)20-11-7-8-12-20;;;/h1-11,13-19,23-25H,12H2;2*1H;/q;;;+2/p-2. The van der Waals surface area contributed by atoms with Gasteiger partial charge in [0, 0.05) is 0 Å². The van der Waals surface area contributed by atoms with E-state index >= 15 is 0 Å². The summed E-state index contributed by atoms with van der Waals surface area (Å²) >= 11 is 1.65. The minimum absolute atomic E-state index is 0. The molecule has 1 fully saturated rings. The van der Waals surface area contributed by atoms with E-state index in [1.54, 1.807) is 35.9 Å². The number of fused-ring (bicyclic) bond motifs is 1. The second kappa shape index (κ2) is 10.9. The van der Waals surface area contributed by atoms with Gasteiger partial charge in [0.1, 0.15) is 0 Å². The second-order valence-corrected chi connectivity index (χ2v) is 9.45. The van der Waals surface area contributed by atoms with Crippen LogP contribution in [0, 0.1) is 17.8 Å². The predicted molar refractivity (Wildman–Crippen MR) is 113 cm³/mol. The Hall–Kier alpha value is -0.517. The third kappa shape index (κ3) is 4.50. The number of allylic oxidation sites excluding steroid dienone is 9. The Morgan fingerprint density at radius 2 is 1.37 bits per heavy atom. The summed E-state index contributed by atoms with van der Waals surface area (Å²) in [6.45, 7) is 0. The summed E-state index contributed by atoms with van der Waals surface area (Å²) < 4.78 is 0.696.